The Labute approximate surface area is 140 Å². The van der Waals surface area contributed by atoms with E-state index in [1.54, 1.807) is 0 Å². The summed E-state index contributed by atoms with van der Waals surface area (Å²) < 4.78 is 11.8. The van der Waals surface area contributed by atoms with Crippen LogP contribution in [-0.2, 0) is 17.8 Å². The van der Waals surface area contributed by atoms with Crippen LogP contribution >= 0.6 is 12.4 Å². The zero-order valence-corrected chi connectivity index (χ0v) is 14.2. The molecule has 1 aromatic carbocycles. The van der Waals surface area contributed by atoms with E-state index in [-0.39, 0.29) is 18.4 Å². The van der Waals surface area contributed by atoms with Gasteiger partial charge in [-0.2, -0.15) is 0 Å². The van der Waals surface area contributed by atoms with Gasteiger partial charge in [-0.25, -0.2) is 0 Å². The largest absolute Gasteiger partial charge is 0.493 e. The van der Waals surface area contributed by atoms with Crippen LogP contribution in [0, 0.1) is 11.8 Å². The van der Waals surface area contributed by atoms with Crippen LogP contribution < -0.4 is 10.5 Å². The van der Waals surface area contributed by atoms with Gasteiger partial charge < -0.3 is 15.2 Å². The van der Waals surface area contributed by atoms with Gasteiger partial charge in [0, 0.05) is 12.6 Å². The third-order valence-corrected chi connectivity index (χ3v) is 4.16. The molecule has 3 nitrogen and oxygen atoms in total. The van der Waals surface area contributed by atoms with Gasteiger partial charge in [0.05, 0.1) is 13.2 Å². The van der Waals surface area contributed by atoms with E-state index >= 15 is 0 Å². The summed E-state index contributed by atoms with van der Waals surface area (Å²) in [5.41, 5.74) is 8.42. The highest BCUT2D eigenvalue weighted by Gasteiger charge is 2.23. The van der Waals surface area contributed by atoms with Crippen LogP contribution in [0.1, 0.15) is 43.7 Å². The van der Waals surface area contributed by atoms with Crippen molar-refractivity contribution < 1.29 is 9.47 Å². The fourth-order valence-electron chi connectivity index (χ4n) is 2.49. The van der Waals surface area contributed by atoms with E-state index < -0.39 is 0 Å². The van der Waals surface area contributed by atoms with Gasteiger partial charge in [-0.1, -0.05) is 6.07 Å². The second-order valence-electron chi connectivity index (χ2n) is 6.84. The average Bonchev–Trinajstić information content (AvgIpc) is 3.32. The van der Waals surface area contributed by atoms with Crippen LogP contribution in [0.15, 0.2) is 18.2 Å². The van der Waals surface area contributed by atoms with Crippen LogP contribution in [0.4, 0.5) is 0 Å². The molecule has 0 heterocycles. The number of benzene rings is 1. The molecule has 0 spiro atoms. The van der Waals surface area contributed by atoms with E-state index in [9.17, 15) is 0 Å². The summed E-state index contributed by atoms with van der Waals surface area (Å²) >= 11 is 0. The van der Waals surface area contributed by atoms with Gasteiger partial charge >= 0.3 is 0 Å². The molecule has 0 saturated heterocycles. The first-order valence-corrected chi connectivity index (χ1v) is 8.28. The molecular weight excluding hydrogens is 298 g/mol. The van der Waals surface area contributed by atoms with Gasteiger partial charge in [-0.3, -0.25) is 0 Å². The maximum absolute atomic E-state index is 5.97. The molecule has 1 aromatic rings. The van der Waals surface area contributed by atoms with Crippen LogP contribution in [0.5, 0.6) is 5.75 Å². The molecule has 1 unspecified atom stereocenters. The second kappa shape index (κ2) is 8.19. The summed E-state index contributed by atoms with van der Waals surface area (Å²) in [5.74, 6) is 2.59. The number of halogens is 1. The molecule has 0 radical (unpaired) electrons. The van der Waals surface area contributed by atoms with Crippen LogP contribution in [0.25, 0.3) is 0 Å². The van der Waals surface area contributed by atoms with Crippen LogP contribution in [-0.4, -0.2) is 19.3 Å². The van der Waals surface area contributed by atoms with Crippen molar-refractivity contribution in [3.63, 3.8) is 0 Å². The Hall–Kier alpha value is -0.770. The Bertz CT molecular complexity index is 470. The van der Waals surface area contributed by atoms with Crippen molar-refractivity contribution in [1.29, 1.82) is 0 Å². The Balaban J connectivity index is 0.00000176. The van der Waals surface area contributed by atoms with E-state index in [0.717, 1.165) is 37.2 Å². The smallest absolute Gasteiger partial charge is 0.122 e. The van der Waals surface area contributed by atoms with Crippen molar-refractivity contribution in [3.8, 4) is 5.75 Å². The molecule has 2 aliphatic carbocycles. The van der Waals surface area contributed by atoms with E-state index in [1.807, 2.05) is 6.92 Å². The number of hydrogen-bond acceptors (Lipinski definition) is 3. The predicted octanol–water partition coefficient (Wildman–Crippen LogP) is 3.71. The zero-order valence-electron chi connectivity index (χ0n) is 13.4. The van der Waals surface area contributed by atoms with Gasteiger partial charge in [0.2, 0.25) is 0 Å². The Morgan fingerprint density at radius 1 is 1.14 bits per heavy atom. The second-order valence-corrected chi connectivity index (χ2v) is 6.84. The number of nitrogens with two attached hydrogens (primary N) is 1. The molecule has 1 atom stereocenters. The summed E-state index contributed by atoms with van der Waals surface area (Å²) in [6.45, 7) is 4.50. The van der Waals surface area contributed by atoms with Gasteiger partial charge in [0.25, 0.3) is 0 Å². The zero-order chi connectivity index (χ0) is 14.7. The molecule has 2 aliphatic rings. The molecule has 2 fully saturated rings. The first-order chi connectivity index (χ1) is 10.2. The van der Waals surface area contributed by atoms with Gasteiger partial charge in [-0.15, -0.1) is 12.4 Å². The fraction of sp³-hybridized carbons (Fsp3) is 0.667. The molecule has 0 amide bonds. The maximum Gasteiger partial charge on any atom is 0.122 e. The quantitative estimate of drug-likeness (QED) is 0.752. The first-order valence-electron chi connectivity index (χ1n) is 8.28. The molecular formula is C18H28ClNO2. The number of hydrogen-bond donors (Lipinski definition) is 1. The van der Waals surface area contributed by atoms with E-state index in [1.165, 1.54) is 36.8 Å². The third kappa shape index (κ3) is 5.79. The van der Waals surface area contributed by atoms with Crippen LogP contribution in [0.3, 0.4) is 0 Å². The van der Waals surface area contributed by atoms with Crippen molar-refractivity contribution in [3.05, 3.63) is 29.3 Å². The highest BCUT2D eigenvalue weighted by Crippen LogP contribution is 2.31. The molecule has 0 bridgehead atoms. The van der Waals surface area contributed by atoms with Gasteiger partial charge in [-0.05, 0) is 74.1 Å². The summed E-state index contributed by atoms with van der Waals surface area (Å²) in [5, 5.41) is 0. The summed E-state index contributed by atoms with van der Waals surface area (Å²) in [6.07, 6.45) is 6.16. The monoisotopic (exact) mass is 325 g/mol. The molecule has 2 saturated carbocycles. The summed E-state index contributed by atoms with van der Waals surface area (Å²) in [6, 6.07) is 6.57. The molecule has 22 heavy (non-hydrogen) atoms. The van der Waals surface area contributed by atoms with Gasteiger partial charge in [0.15, 0.2) is 0 Å². The maximum atomic E-state index is 5.97. The minimum absolute atomic E-state index is 0. The molecule has 124 valence electrons. The topological polar surface area (TPSA) is 44.5 Å². The van der Waals surface area contributed by atoms with Crippen LogP contribution in [0.2, 0.25) is 0 Å². The van der Waals surface area contributed by atoms with Crippen molar-refractivity contribution >= 4 is 12.4 Å². The van der Waals surface area contributed by atoms with E-state index in [4.69, 9.17) is 15.2 Å². The normalized spacial score (nSPS) is 18.6. The molecule has 3 rings (SSSR count). The van der Waals surface area contributed by atoms with Crippen molar-refractivity contribution in [1.82, 2.24) is 0 Å². The lowest BCUT2D eigenvalue weighted by atomic mass is 10.0. The Kier molecular flexibility index (Phi) is 6.54. The predicted molar refractivity (Wildman–Crippen MR) is 91.6 cm³/mol. The first kappa shape index (κ1) is 17.6. The lowest BCUT2D eigenvalue weighted by Gasteiger charge is -2.15. The van der Waals surface area contributed by atoms with E-state index in [0.29, 0.717) is 6.61 Å². The lowest BCUT2D eigenvalue weighted by molar-refractivity contribution is 0.111. The van der Waals surface area contributed by atoms with Crippen molar-refractivity contribution in [2.75, 3.05) is 13.2 Å². The lowest BCUT2D eigenvalue weighted by Crippen LogP contribution is -2.18. The van der Waals surface area contributed by atoms with E-state index in [2.05, 4.69) is 18.2 Å². The average molecular weight is 326 g/mol. The third-order valence-electron chi connectivity index (χ3n) is 4.16. The fourth-order valence-corrected chi connectivity index (χ4v) is 2.49. The van der Waals surface area contributed by atoms with Crippen molar-refractivity contribution in [2.24, 2.45) is 17.6 Å². The minimum Gasteiger partial charge on any atom is -0.493 e. The Morgan fingerprint density at radius 2 is 1.82 bits per heavy atom. The highest BCUT2D eigenvalue weighted by molar-refractivity contribution is 5.85. The number of rotatable bonds is 9. The summed E-state index contributed by atoms with van der Waals surface area (Å²) in [4.78, 5) is 0. The molecule has 0 aromatic heterocycles. The molecule has 0 aliphatic heterocycles. The minimum atomic E-state index is 0. The number of ether oxygens (including phenoxy) is 2. The summed E-state index contributed by atoms with van der Waals surface area (Å²) in [7, 11) is 0. The van der Waals surface area contributed by atoms with Crippen molar-refractivity contribution in [2.45, 2.75) is 51.7 Å². The SMILES string of the molecule is CC(N)Cc1cc(COCC2CC2)ccc1OCC1CC1.Cl. The highest BCUT2D eigenvalue weighted by atomic mass is 35.5. The standard InChI is InChI=1S/C18H27NO2.ClH/c1-13(19)8-17-9-16(11-20-10-14-2-3-14)6-7-18(17)21-12-15-4-5-15;/h6-7,9,13-15H,2-5,8,10-12,19H2,1H3;1H. The molecule has 4 heteroatoms. The molecule has 2 N–H and O–H groups in total. The van der Waals surface area contributed by atoms with Gasteiger partial charge in [0.1, 0.15) is 5.75 Å². The Morgan fingerprint density at radius 3 is 2.45 bits per heavy atom.